The van der Waals surface area contributed by atoms with Crippen LogP contribution in [-0.2, 0) is 22.7 Å². The number of sulfone groups is 1. The van der Waals surface area contributed by atoms with Crippen molar-refractivity contribution in [3.8, 4) is 0 Å². The quantitative estimate of drug-likeness (QED) is 0.811. The van der Waals surface area contributed by atoms with Gasteiger partial charge in [-0.1, -0.05) is 0 Å². The van der Waals surface area contributed by atoms with E-state index >= 15 is 0 Å². The largest absolute Gasteiger partial charge is 0.347 e. The van der Waals surface area contributed by atoms with Crippen LogP contribution in [0.3, 0.4) is 0 Å². The van der Waals surface area contributed by atoms with Gasteiger partial charge in [0.05, 0.1) is 11.5 Å². The molecule has 1 aromatic heterocycles. The lowest BCUT2D eigenvalue weighted by molar-refractivity contribution is 0.0935. The predicted octanol–water partition coefficient (Wildman–Crippen LogP) is 0.205. The number of carbonyl (C=O) groups is 1. The Balaban J connectivity index is 1.73. The van der Waals surface area contributed by atoms with E-state index in [0.717, 1.165) is 36.9 Å². The van der Waals surface area contributed by atoms with Gasteiger partial charge in [0, 0.05) is 17.3 Å². The van der Waals surface area contributed by atoms with E-state index in [1.807, 2.05) is 0 Å². The fourth-order valence-electron chi connectivity index (χ4n) is 2.83. The van der Waals surface area contributed by atoms with Gasteiger partial charge in [0.2, 0.25) is 0 Å². The van der Waals surface area contributed by atoms with Crippen LogP contribution in [0.5, 0.6) is 0 Å². The van der Waals surface area contributed by atoms with Gasteiger partial charge < -0.3 is 5.32 Å². The summed E-state index contributed by atoms with van der Waals surface area (Å²) in [6.45, 7) is 0. The molecule has 2 N–H and O–H groups in total. The number of aromatic amines is 1. The van der Waals surface area contributed by atoms with Crippen LogP contribution in [0.25, 0.3) is 0 Å². The second-order valence-electron chi connectivity index (χ2n) is 5.31. The van der Waals surface area contributed by atoms with E-state index in [-0.39, 0.29) is 23.5 Å². The van der Waals surface area contributed by atoms with Crippen molar-refractivity contribution in [3.63, 3.8) is 0 Å². The topological polar surface area (TPSA) is 91.9 Å². The third-order valence-corrected chi connectivity index (χ3v) is 5.61. The molecule has 3 rings (SSSR count). The molecule has 1 aliphatic heterocycles. The Morgan fingerprint density at radius 3 is 2.84 bits per heavy atom. The fourth-order valence-corrected chi connectivity index (χ4v) is 4.50. The average Bonchev–Trinajstić information content (AvgIpc) is 2.92. The molecule has 1 aliphatic carbocycles. The van der Waals surface area contributed by atoms with Gasteiger partial charge in [0.25, 0.3) is 5.91 Å². The van der Waals surface area contributed by atoms with Crippen LogP contribution in [0.4, 0.5) is 0 Å². The Morgan fingerprint density at radius 1 is 1.32 bits per heavy atom. The van der Waals surface area contributed by atoms with E-state index < -0.39 is 9.84 Å². The molecule has 2 heterocycles. The van der Waals surface area contributed by atoms with Crippen LogP contribution >= 0.6 is 0 Å². The third-order valence-electron chi connectivity index (χ3n) is 3.84. The van der Waals surface area contributed by atoms with Gasteiger partial charge in [-0.3, -0.25) is 9.89 Å². The van der Waals surface area contributed by atoms with Crippen LogP contribution in [0, 0.1) is 0 Å². The highest BCUT2D eigenvalue weighted by Crippen LogP contribution is 2.22. The molecule has 1 atom stereocenters. The van der Waals surface area contributed by atoms with E-state index in [1.54, 1.807) is 0 Å². The summed E-state index contributed by atoms with van der Waals surface area (Å²) in [6.07, 6.45) is 4.51. The van der Waals surface area contributed by atoms with Crippen molar-refractivity contribution in [3.05, 3.63) is 17.0 Å². The van der Waals surface area contributed by atoms with Crippen molar-refractivity contribution in [2.24, 2.45) is 0 Å². The number of rotatable bonds is 2. The van der Waals surface area contributed by atoms with Gasteiger partial charge in [-0.05, 0) is 32.1 Å². The first-order valence-corrected chi connectivity index (χ1v) is 8.45. The smallest absolute Gasteiger partial charge is 0.272 e. The van der Waals surface area contributed by atoms with Crippen LogP contribution in [0.1, 0.15) is 41.0 Å². The molecule has 1 amide bonds. The van der Waals surface area contributed by atoms with Crippen molar-refractivity contribution in [2.75, 3.05) is 11.5 Å². The van der Waals surface area contributed by atoms with Crippen LogP contribution in [0.2, 0.25) is 0 Å². The first-order chi connectivity index (χ1) is 9.05. The molecule has 104 valence electrons. The second kappa shape index (κ2) is 4.63. The molecule has 19 heavy (non-hydrogen) atoms. The minimum Gasteiger partial charge on any atom is -0.347 e. The summed E-state index contributed by atoms with van der Waals surface area (Å²) in [7, 11) is -2.97. The molecule has 0 spiro atoms. The molecule has 7 heteroatoms. The zero-order valence-corrected chi connectivity index (χ0v) is 11.4. The first kappa shape index (κ1) is 12.7. The highest BCUT2D eigenvalue weighted by atomic mass is 32.2. The van der Waals surface area contributed by atoms with Gasteiger partial charge in [-0.15, -0.1) is 0 Å². The van der Waals surface area contributed by atoms with Crippen molar-refractivity contribution >= 4 is 15.7 Å². The maximum atomic E-state index is 12.2. The molecule has 6 nitrogen and oxygen atoms in total. The highest BCUT2D eigenvalue weighted by Gasteiger charge is 2.30. The van der Waals surface area contributed by atoms with E-state index in [1.165, 1.54) is 0 Å². The number of nitrogens with zero attached hydrogens (tertiary/aromatic N) is 1. The lowest BCUT2D eigenvalue weighted by Crippen LogP contribution is -2.36. The number of hydrogen-bond acceptors (Lipinski definition) is 4. The molecule has 2 aliphatic rings. The van der Waals surface area contributed by atoms with Crippen molar-refractivity contribution in [1.29, 1.82) is 0 Å². The maximum absolute atomic E-state index is 12.2. The lowest BCUT2D eigenvalue weighted by atomic mass is 9.95. The first-order valence-electron chi connectivity index (χ1n) is 6.62. The number of aryl methyl sites for hydroxylation is 1. The summed E-state index contributed by atoms with van der Waals surface area (Å²) >= 11 is 0. The summed E-state index contributed by atoms with van der Waals surface area (Å²) in [4.78, 5) is 12.2. The maximum Gasteiger partial charge on any atom is 0.272 e. The van der Waals surface area contributed by atoms with Crippen LogP contribution in [0.15, 0.2) is 0 Å². The van der Waals surface area contributed by atoms with Crippen molar-refractivity contribution in [2.45, 2.75) is 38.1 Å². The lowest BCUT2D eigenvalue weighted by Gasteiger charge is -2.13. The van der Waals surface area contributed by atoms with E-state index in [9.17, 15) is 13.2 Å². The minimum atomic E-state index is -2.97. The van der Waals surface area contributed by atoms with Gasteiger partial charge in [-0.2, -0.15) is 5.10 Å². The summed E-state index contributed by atoms with van der Waals surface area (Å²) in [5.41, 5.74) is 2.50. The minimum absolute atomic E-state index is 0.0470. The van der Waals surface area contributed by atoms with Crippen LogP contribution < -0.4 is 5.32 Å². The van der Waals surface area contributed by atoms with E-state index in [4.69, 9.17) is 0 Å². The number of nitrogens with one attached hydrogen (secondary N) is 2. The Labute approximate surface area is 111 Å². The Bertz CT molecular complexity index is 606. The molecule has 1 aromatic rings. The Kier molecular flexibility index (Phi) is 3.08. The van der Waals surface area contributed by atoms with Crippen molar-refractivity contribution < 1.29 is 13.2 Å². The molecular formula is C12H17N3O3S. The summed E-state index contributed by atoms with van der Waals surface area (Å²) in [5.74, 6) is -0.0383. The predicted molar refractivity (Wildman–Crippen MR) is 69.8 cm³/mol. The molecule has 1 fully saturated rings. The fraction of sp³-hybridized carbons (Fsp3) is 0.667. The molecule has 0 saturated carbocycles. The summed E-state index contributed by atoms with van der Waals surface area (Å²) in [5, 5.41) is 9.80. The van der Waals surface area contributed by atoms with Crippen LogP contribution in [-0.4, -0.2) is 42.1 Å². The highest BCUT2D eigenvalue weighted by molar-refractivity contribution is 7.91. The van der Waals surface area contributed by atoms with Crippen molar-refractivity contribution in [1.82, 2.24) is 15.5 Å². The number of hydrogen-bond donors (Lipinski definition) is 2. The zero-order chi connectivity index (χ0) is 13.5. The Morgan fingerprint density at radius 2 is 2.11 bits per heavy atom. The molecule has 0 bridgehead atoms. The molecule has 0 radical (unpaired) electrons. The van der Waals surface area contributed by atoms with Gasteiger partial charge in [0.15, 0.2) is 15.5 Å². The van der Waals surface area contributed by atoms with E-state index in [0.29, 0.717) is 12.1 Å². The Hall–Kier alpha value is -1.37. The standard InChI is InChI=1S/C12H17N3O3S/c16-12(13-8-5-6-19(17,18)7-8)11-9-3-1-2-4-10(9)14-15-11/h8H,1-7H2,(H,13,16)(H,14,15)/t8-/m1/s1. The van der Waals surface area contributed by atoms with E-state index in [2.05, 4.69) is 15.5 Å². The van der Waals surface area contributed by atoms with Gasteiger partial charge in [0.1, 0.15) is 0 Å². The number of fused-ring (bicyclic) bond motifs is 1. The molecule has 1 saturated heterocycles. The summed E-state index contributed by atoms with van der Waals surface area (Å²) in [6, 6.07) is -0.270. The summed E-state index contributed by atoms with van der Waals surface area (Å²) < 4.78 is 22.7. The number of aromatic nitrogens is 2. The zero-order valence-electron chi connectivity index (χ0n) is 10.6. The third kappa shape index (κ3) is 2.51. The average molecular weight is 283 g/mol. The number of amides is 1. The molecular weight excluding hydrogens is 266 g/mol. The normalized spacial score (nSPS) is 24.9. The number of carbonyl (C=O) groups excluding carboxylic acids is 1. The monoisotopic (exact) mass is 283 g/mol. The molecule has 0 unspecified atom stereocenters. The molecule has 0 aromatic carbocycles. The number of H-pyrrole nitrogens is 1. The van der Waals surface area contributed by atoms with Gasteiger partial charge in [-0.25, -0.2) is 8.42 Å². The second-order valence-corrected chi connectivity index (χ2v) is 7.54. The SMILES string of the molecule is O=C(N[C@@H]1CCS(=O)(=O)C1)c1n[nH]c2c1CCCC2. The van der Waals surface area contributed by atoms with Gasteiger partial charge >= 0.3 is 0 Å².